The Morgan fingerprint density at radius 2 is 1.71 bits per heavy atom. The highest BCUT2D eigenvalue weighted by atomic mass is 16.3. The molecule has 1 aromatic heterocycles. The number of rotatable bonds is 7. The van der Waals surface area contributed by atoms with Gasteiger partial charge in [0.05, 0.1) is 12.8 Å². The number of allylic oxidation sites excluding steroid dienone is 2. The van der Waals surface area contributed by atoms with Gasteiger partial charge in [-0.3, -0.25) is 19.4 Å². The van der Waals surface area contributed by atoms with E-state index in [2.05, 4.69) is 0 Å². The zero-order valence-electron chi connectivity index (χ0n) is 15.7. The molecule has 0 unspecified atom stereocenters. The van der Waals surface area contributed by atoms with Crippen molar-refractivity contribution in [1.29, 1.82) is 0 Å². The van der Waals surface area contributed by atoms with Gasteiger partial charge in [0.25, 0.3) is 11.8 Å². The van der Waals surface area contributed by atoms with E-state index in [4.69, 9.17) is 4.42 Å². The number of furan rings is 1. The van der Waals surface area contributed by atoms with Gasteiger partial charge in [0, 0.05) is 6.54 Å². The van der Waals surface area contributed by atoms with Crippen molar-refractivity contribution in [2.24, 2.45) is 0 Å². The molecule has 6 heteroatoms. The van der Waals surface area contributed by atoms with Gasteiger partial charge < -0.3 is 4.42 Å². The molecule has 1 aromatic carbocycles. The molecule has 1 saturated heterocycles. The van der Waals surface area contributed by atoms with Crippen molar-refractivity contribution in [2.75, 3.05) is 6.54 Å². The van der Waals surface area contributed by atoms with Crippen molar-refractivity contribution < 1.29 is 18.8 Å². The SMILES string of the molecule is CCCCN1C(=O)/C(=C/C=C\c2ccccc2)C(=O)N(Cc2ccco2)C1=O. The number of amides is 4. The quantitative estimate of drug-likeness (QED) is 0.539. The van der Waals surface area contributed by atoms with E-state index >= 15 is 0 Å². The van der Waals surface area contributed by atoms with E-state index in [1.807, 2.05) is 37.3 Å². The molecular weight excluding hydrogens is 356 g/mol. The van der Waals surface area contributed by atoms with Gasteiger partial charge in [0.2, 0.25) is 0 Å². The lowest BCUT2D eigenvalue weighted by atomic mass is 10.1. The summed E-state index contributed by atoms with van der Waals surface area (Å²) < 4.78 is 5.27. The minimum atomic E-state index is -0.614. The molecule has 4 amide bonds. The normalized spacial score (nSPS) is 16.6. The Morgan fingerprint density at radius 3 is 2.39 bits per heavy atom. The van der Waals surface area contributed by atoms with Crippen molar-refractivity contribution in [3.8, 4) is 0 Å². The molecule has 2 heterocycles. The molecule has 0 radical (unpaired) electrons. The van der Waals surface area contributed by atoms with E-state index in [9.17, 15) is 14.4 Å². The lowest BCUT2D eigenvalue weighted by molar-refractivity contribution is -0.136. The fourth-order valence-corrected chi connectivity index (χ4v) is 2.88. The third-order valence-corrected chi connectivity index (χ3v) is 4.39. The number of nitrogens with zero attached hydrogens (tertiary/aromatic N) is 2. The van der Waals surface area contributed by atoms with Crippen molar-refractivity contribution in [3.63, 3.8) is 0 Å². The summed E-state index contributed by atoms with van der Waals surface area (Å²) in [7, 11) is 0. The van der Waals surface area contributed by atoms with Gasteiger partial charge in [-0.05, 0) is 30.2 Å². The highest BCUT2D eigenvalue weighted by Gasteiger charge is 2.41. The predicted octanol–water partition coefficient (Wildman–Crippen LogP) is 4.01. The Hall–Kier alpha value is -3.41. The van der Waals surface area contributed by atoms with Crippen LogP contribution >= 0.6 is 0 Å². The van der Waals surface area contributed by atoms with Crippen LogP contribution < -0.4 is 0 Å². The fraction of sp³-hybridized carbons (Fsp3) is 0.227. The lowest BCUT2D eigenvalue weighted by Gasteiger charge is -2.33. The summed E-state index contributed by atoms with van der Waals surface area (Å²) in [6.45, 7) is 2.24. The summed E-state index contributed by atoms with van der Waals surface area (Å²) >= 11 is 0. The lowest BCUT2D eigenvalue weighted by Crippen LogP contribution is -2.56. The molecule has 1 aliphatic heterocycles. The number of carbonyl (C=O) groups excluding carboxylic acids is 3. The second-order valence-corrected chi connectivity index (χ2v) is 6.41. The third kappa shape index (κ3) is 4.28. The summed E-state index contributed by atoms with van der Waals surface area (Å²) in [6, 6.07) is 12.3. The van der Waals surface area contributed by atoms with Gasteiger partial charge in [0.1, 0.15) is 11.3 Å². The highest BCUT2D eigenvalue weighted by molar-refractivity contribution is 6.28. The first-order valence-corrected chi connectivity index (χ1v) is 9.25. The number of barbiturate groups is 1. The molecule has 28 heavy (non-hydrogen) atoms. The molecule has 0 bridgehead atoms. The summed E-state index contributed by atoms with van der Waals surface area (Å²) in [5.74, 6) is -0.695. The van der Waals surface area contributed by atoms with E-state index in [1.54, 1.807) is 24.3 Å². The summed E-state index contributed by atoms with van der Waals surface area (Å²) in [6.07, 6.45) is 7.91. The average Bonchev–Trinajstić information content (AvgIpc) is 3.22. The van der Waals surface area contributed by atoms with Crippen LogP contribution in [0.2, 0.25) is 0 Å². The second-order valence-electron chi connectivity index (χ2n) is 6.41. The van der Waals surface area contributed by atoms with Gasteiger partial charge in [-0.15, -0.1) is 0 Å². The van der Waals surface area contributed by atoms with E-state index in [1.165, 1.54) is 12.3 Å². The van der Waals surface area contributed by atoms with Crippen molar-refractivity contribution in [2.45, 2.75) is 26.3 Å². The van der Waals surface area contributed by atoms with Crippen LogP contribution in [-0.4, -0.2) is 34.2 Å². The first-order valence-electron chi connectivity index (χ1n) is 9.25. The molecule has 0 spiro atoms. The Morgan fingerprint density at radius 1 is 0.964 bits per heavy atom. The molecule has 0 atom stereocenters. The maximum atomic E-state index is 12.8. The number of urea groups is 1. The highest BCUT2D eigenvalue weighted by Crippen LogP contribution is 2.21. The van der Waals surface area contributed by atoms with Gasteiger partial charge in [-0.1, -0.05) is 55.8 Å². The topological polar surface area (TPSA) is 70.8 Å². The number of hydrogen-bond donors (Lipinski definition) is 0. The van der Waals surface area contributed by atoms with Gasteiger partial charge >= 0.3 is 6.03 Å². The number of hydrogen-bond acceptors (Lipinski definition) is 4. The molecule has 1 aliphatic rings. The predicted molar refractivity (Wildman–Crippen MR) is 105 cm³/mol. The van der Waals surface area contributed by atoms with Crippen molar-refractivity contribution >= 4 is 23.9 Å². The van der Waals surface area contributed by atoms with Gasteiger partial charge in [-0.2, -0.15) is 0 Å². The largest absolute Gasteiger partial charge is 0.467 e. The number of imide groups is 2. The zero-order chi connectivity index (χ0) is 19.9. The van der Waals surface area contributed by atoms with Crippen LogP contribution in [0.15, 0.2) is 70.9 Å². The Kier molecular flexibility index (Phi) is 6.22. The molecule has 0 saturated carbocycles. The monoisotopic (exact) mass is 378 g/mol. The van der Waals surface area contributed by atoms with Crippen LogP contribution in [0.4, 0.5) is 4.79 Å². The van der Waals surface area contributed by atoms with Gasteiger partial charge in [-0.25, -0.2) is 4.79 Å². The molecule has 3 rings (SSSR count). The number of unbranched alkanes of at least 4 members (excludes halogenated alkanes) is 1. The number of carbonyl (C=O) groups is 3. The van der Waals surface area contributed by atoms with Crippen LogP contribution in [0.25, 0.3) is 6.08 Å². The van der Waals surface area contributed by atoms with Crippen LogP contribution in [0.5, 0.6) is 0 Å². The average molecular weight is 378 g/mol. The zero-order valence-corrected chi connectivity index (χ0v) is 15.7. The van der Waals surface area contributed by atoms with Crippen LogP contribution in [-0.2, 0) is 16.1 Å². The van der Waals surface area contributed by atoms with Crippen LogP contribution in [0.3, 0.4) is 0 Å². The van der Waals surface area contributed by atoms with E-state index in [-0.39, 0.29) is 18.7 Å². The number of benzene rings is 1. The molecule has 2 aromatic rings. The van der Waals surface area contributed by atoms with Crippen LogP contribution in [0, 0.1) is 0 Å². The Labute approximate surface area is 163 Å². The van der Waals surface area contributed by atoms with Crippen LogP contribution in [0.1, 0.15) is 31.1 Å². The van der Waals surface area contributed by atoms with Crippen molar-refractivity contribution in [1.82, 2.24) is 9.80 Å². The minimum absolute atomic E-state index is 0.0136. The molecular formula is C22H22N2O4. The second kappa shape index (κ2) is 8.99. The van der Waals surface area contributed by atoms with E-state index < -0.39 is 17.8 Å². The fourth-order valence-electron chi connectivity index (χ4n) is 2.88. The first-order chi connectivity index (χ1) is 13.6. The standard InChI is InChI=1S/C22H22N2O4/c1-2-3-14-23-20(25)19(13-7-11-17-9-5-4-6-10-17)21(26)24(22(23)27)16-18-12-8-15-28-18/h4-13,15H,2-3,14,16H2,1H3/b11-7-,19-13-. The minimum Gasteiger partial charge on any atom is -0.467 e. The van der Waals surface area contributed by atoms with E-state index in [0.717, 1.165) is 21.8 Å². The first kappa shape index (κ1) is 19.4. The van der Waals surface area contributed by atoms with E-state index in [0.29, 0.717) is 12.2 Å². The molecule has 1 fully saturated rings. The maximum absolute atomic E-state index is 12.8. The molecule has 6 nitrogen and oxygen atoms in total. The van der Waals surface area contributed by atoms with Crippen molar-refractivity contribution in [3.05, 3.63) is 77.8 Å². The van der Waals surface area contributed by atoms with Gasteiger partial charge in [0.15, 0.2) is 0 Å². The third-order valence-electron chi connectivity index (χ3n) is 4.39. The smallest absolute Gasteiger partial charge is 0.334 e. The summed E-state index contributed by atoms with van der Waals surface area (Å²) in [5, 5.41) is 0. The maximum Gasteiger partial charge on any atom is 0.334 e. The molecule has 0 aliphatic carbocycles. The summed E-state index contributed by atoms with van der Waals surface area (Å²) in [5.41, 5.74) is 0.913. The molecule has 0 N–H and O–H groups in total. The Bertz CT molecular complexity index is 898. The molecule has 144 valence electrons. The summed E-state index contributed by atoms with van der Waals surface area (Å²) in [4.78, 5) is 40.6. The Balaban J connectivity index is 1.88.